The molecule has 10 nitrogen and oxygen atoms in total. The summed E-state index contributed by atoms with van der Waals surface area (Å²) in [5.41, 5.74) is 0.875. The van der Waals surface area contributed by atoms with Crippen molar-refractivity contribution in [1.82, 2.24) is 0 Å². The van der Waals surface area contributed by atoms with Crippen molar-refractivity contribution in [3.8, 4) is 5.75 Å². The molecule has 0 N–H and O–H groups in total. The minimum atomic E-state index is -1.02. The Morgan fingerprint density at radius 1 is 1.04 bits per heavy atom. The topological polar surface area (TPSA) is 134 Å². The van der Waals surface area contributed by atoms with Gasteiger partial charge in [-0.05, 0) is 37.0 Å². The molecule has 0 spiro atoms. The Bertz CT molecular complexity index is 968. The largest absolute Gasteiger partial charge is 0.497 e. The maximum absolute atomic E-state index is 12.3. The summed E-state index contributed by atoms with van der Waals surface area (Å²) >= 11 is 0. The molecule has 2 aromatic carbocycles. The van der Waals surface area contributed by atoms with Crippen molar-refractivity contribution < 1.29 is 24.2 Å². The Morgan fingerprint density at radius 2 is 1.71 bits per heavy atom. The third kappa shape index (κ3) is 3.95. The van der Waals surface area contributed by atoms with E-state index in [0.717, 1.165) is 42.2 Å². The van der Waals surface area contributed by atoms with Crippen LogP contribution in [0.5, 0.6) is 5.75 Å². The standard InChI is InChI=1S/C18H15N3O7/c1-27-15-6-5-11-3-2-4-17(16(11)10-15)19-28-18(22)12-7-13(20(23)24)9-14(8-12)21(25)26/h5-10H,2-4H2,1H3/b19-17+. The number of carbonyl (C=O) groups excluding carboxylic acids is 1. The van der Waals surface area contributed by atoms with Gasteiger partial charge in [-0.25, -0.2) is 4.79 Å². The Balaban J connectivity index is 1.89. The minimum Gasteiger partial charge on any atom is -0.497 e. The third-order valence-electron chi connectivity index (χ3n) is 4.29. The van der Waals surface area contributed by atoms with Crippen LogP contribution in [0.3, 0.4) is 0 Å². The molecule has 3 rings (SSSR count). The molecule has 2 aromatic rings. The maximum atomic E-state index is 12.3. The molecule has 0 aliphatic heterocycles. The highest BCUT2D eigenvalue weighted by atomic mass is 16.7. The van der Waals surface area contributed by atoms with Crippen LogP contribution in [0.2, 0.25) is 0 Å². The van der Waals surface area contributed by atoms with Crippen molar-refractivity contribution in [3.63, 3.8) is 0 Å². The number of hydrogen-bond acceptors (Lipinski definition) is 8. The number of hydrogen-bond donors (Lipinski definition) is 0. The number of oxime groups is 1. The average molecular weight is 385 g/mol. The van der Waals surface area contributed by atoms with E-state index in [4.69, 9.17) is 9.57 Å². The Morgan fingerprint density at radius 3 is 2.32 bits per heavy atom. The van der Waals surface area contributed by atoms with Crippen molar-refractivity contribution in [2.45, 2.75) is 19.3 Å². The number of nitro benzene ring substituents is 2. The first kappa shape index (κ1) is 19.0. The maximum Gasteiger partial charge on any atom is 0.366 e. The van der Waals surface area contributed by atoms with Gasteiger partial charge in [-0.15, -0.1) is 0 Å². The lowest BCUT2D eigenvalue weighted by Crippen LogP contribution is -2.14. The third-order valence-corrected chi connectivity index (χ3v) is 4.29. The van der Waals surface area contributed by atoms with Crippen molar-refractivity contribution in [2.24, 2.45) is 5.16 Å². The van der Waals surface area contributed by atoms with Gasteiger partial charge in [-0.1, -0.05) is 11.2 Å². The molecule has 0 unspecified atom stereocenters. The van der Waals surface area contributed by atoms with Crippen molar-refractivity contribution in [1.29, 1.82) is 0 Å². The molecule has 0 saturated carbocycles. The molecule has 0 aromatic heterocycles. The van der Waals surface area contributed by atoms with Crippen LogP contribution in [0.4, 0.5) is 11.4 Å². The number of nitro groups is 2. The van der Waals surface area contributed by atoms with Crippen LogP contribution in [0, 0.1) is 20.2 Å². The molecule has 0 heterocycles. The summed E-state index contributed by atoms with van der Waals surface area (Å²) < 4.78 is 5.20. The number of non-ortho nitro benzene ring substituents is 2. The number of carbonyl (C=O) groups is 1. The second-order valence-corrected chi connectivity index (χ2v) is 6.05. The van der Waals surface area contributed by atoms with Crippen molar-refractivity contribution in [2.75, 3.05) is 7.11 Å². The highest BCUT2D eigenvalue weighted by Gasteiger charge is 2.22. The first-order valence-electron chi connectivity index (χ1n) is 8.28. The molecule has 1 aliphatic rings. The van der Waals surface area contributed by atoms with Crippen LogP contribution in [0.1, 0.15) is 34.3 Å². The van der Waals surface area contributed by atoms with E-state index in [9.17, 15) is 25.0 Å². The normalized spacial score (nSPS) is 14.2. The number of ether oxygens (including phenoxy) is 1. The summed E-state index contributed by atoms with van der Waals surface area (Å²) in [5.74, 6) is -0.386. The van der Waals surface area contributed by atoms with Gasteiger partial charge in [0.15, 0.2) is 0 Å². The van der Waals surface area contributed by atoms with Gasteiger partial charge in [-0.3, -0.25) is 20.2 Å². The summed E-state index contributed by atoms with van der Waals surface area (Å²) in [6.07, 6.45) is 2.24. The van der Waals surface area contributed by atoms with Crippen LogP contribution in [0.25, 0.3) is 0 Å². The molecule has 10 heteroatoms. The molecule has 0 saturated heterocycles. The van der Waals surface area contributed by atoms with E-state index in [1.165, 1.54) is 7.11 Å². The van der Waals surface area contributed by atoms with Gasteiger partial charge in [-0.2, -0.15) is 0 Å². The lowest BCUT2D eigenvalue weighted by atomic mass is 9.90. The molecule has 0 radical (unpaired) electrons. The fraction of sp³-hybridized carbons (Fsp3) is 0.222. The Kier molecular flexibility index (Phi) is 5.30. The zero-order valence-corrected chi connectivity index (χ0v) is 14.8. The quantitative estimate of drug-likeness (QED) is 0.437. The molecular formula is C18H15N3O7. The summed E-state index contributed by atoms with van der Waals surface area (Å²) in [6, 6.07) is 8.12. The first-order valence-corrected chi connectivity index (χ1v) is 8.28. The number of rotatable bonds is 5. The summed E-state index contributed by atoms with van der Waals surface area (Å²) in [4.78, 5) is 37.5. The van der Waals surface area contributed by atoms with Crippen molar-refractivity contribution in [3.05, 3.63) is 73.3 Å². The van der Waals surface area contributed by atoms with Gasteiger partial charge in [0.1, 0.15) is 5.75 Å². The van der Waals surface area contributed by atoms with Crippen LogP contribution in [-0.4, -0.2) is 28.6 Å². The monoisotopic (exact) mass is 385 g/mol. The van der Waals surface area contributed by atoms with Gasteiger partial charge in [0, 0.05) is 17.7 Å². The molecule has 144 valence electrons. The van der Waals surface area contributed by atoms with E-state index in [1.807, 2.05) is 12.1 Å². The number of aryl methyl sites for hydroxylation is 1. The lowest BCUT2D eigenvalue weighted by molar-refractivity contribution is -0.394. The molecule has 0 fully saturated rings. The van der Waals surface area contributed by atoms with Crippen LogP contribution < -0.4 is 4.74 Å². The van der Waals surface area contributed by atoms with Gasteiger partial charge in [0.2, 0.25) is 0 Å². The van der Waals surface area contributed by atoms with Crippen LogP contribution in [-0.2, 0) is 11.3 Å². The zero-order valence-electron chi connectivity index (χ0n) is 14.8. The fourth-order valence-corrected chi connectivity index (χ4v) is 2.92. The molecule has 1 aliphatic carbocycles. The average Bonchev–Trinajstić information content (AvgIpc) is 2.70. The van der Waals surface area contributed by atoms with Gasteiger partial charge in [0.05, 0.1) is 34.3 Å². The predicted octanol–water partition coefficient (Wildman–Crippen LogP) is 3.41. The SMILES string of the molecule is COc1ccc2c(c1)/C(=N/OC(=O)c1cc([N+](=O)[O-])cc([N+](=O)[O-])c1)CCC2. The number of methoxy groups -OCH3 is 1. The van der Waals surface area contributed by atoms with Crippen molar-refractivity contribution >= 4 is 23.1 Å². The first-order chi connectivity index (χ1) is 13.4. The number of benzene rings is 2. The zero-order chi connectivity index (χ0) is 20.3. The predicted molar refractivity (Wildman–Crippen MR) is 97.6 cm³/mol. The van der Waals surface area contributed by atoms with E-state index in [2.05, 4.69) is 5.16 Å². The fourth-order valence-electron chi connectivity index (χ4n) is 2.92. The molecule has 0 atom stereocenters. The van der Waals surface area contributed by atoms with Crippen LogP contribution in [0.15, 0.2) is 41.6 Å². The summed E-state index contributed by atoms with van der Waals surface area (Å²) in [6.45, 7) is 0. The Hall–Kier alpha value is -3.82. The highest BCUT2D eigenvalue weighted by molar-refractivity contribution is 6.03. The lowest BCUT2D eigenvalue weighted by Gasteiger charge is -2.18. The molecular weight excluding hydrogens is 370 g/mol. The molecule has 28 heavy (non-hydrogen) atoms. The second-order valence-electron chi connectivity index (χ2n) is 6.05. The summed E-state index contributed by atoms with van der Waals surface area (Å²) in [7, 11) is 1.54. The number of fused-ring (bicyclic) bond motifs is 1. The van der Waals surface area contributed by atoms with Gasteiger partial charge in [0.25, 0.3) is 11.4 Å². The molecule has 0 bridgehead atoms. The second kappa shape index (κ2) is 7.82. The Labute approximate surface area is 158 Å². The summed E-state index contributed by atoms with van der Waals surface area (Å²) in [5, 5.41) is 25.8. The minimum absolute atomic E-state index is 0.327. The molecule has 0 amide bonds. The van der Waals surface area contributed by atoms with E-state index in [-0.39, 0.29) is 5.56 Å². The van der Waals surface area contributed by atoms with E-state index >= 15 is 0 Å². The number of nitrogens with zero attached hydrogens (tertiary/aromatic N) is 3. The van der Waals surface area contributed by atoms with E-state index in [0.29, 0.717) is 17.9 Å². The van der Waals surface area contributed by atoms with Gasteiger partial charge < -0.3 is 9.57 Å². The smallest absolute Gasteiger partial charge is 0.366 e. The highest BCUT2D eigenvalue weighted by Crippen LogP contribution is 2.27. The van der Waals surface area contributed by atoms with E-state index < -0.39 is 27.2 Å². The van der Waals surface area contributed by atoms with E-state index in [1.54, 1.807) is 6.07 Å². The van der Waals surface area contributed by atoms with Crippen LogP contribution >= 0.6 is 0 Å². The van der Waals surface area contributed by atoms with Gasteiger partial charge >= 0.3 is 5.97 Å².